The van der Waals surface area contributed by atoms with Gasteiger partial charge in [-0.2, -0.15) is 0 Å². The predicted molar refractivity (Wildman–Crippen MR) is 78.6 cm³/mol. The second kappa shape index (κ2) is 6.00. The van der Waals surface area contributed by atoms with Crippen LogP contribution in [-0.2, 0) is 11.2 Å². The first-order valence-corrected chi connectivity index (χ1v) is 7.80. The first-order chi connectivity index (χ1) is 9.67. The van der Waals surface area contributed by atoms with E-state index in [4.69, 9.17) is 16.3 Å². The van der Waals surface area contributed by atoms with Gasteiger partial charge in [0.1, 0.15) is 5.82 Å². The molecular weight excluding hydrogens is 277 g/mol. The average molecular weight is 298 g/mol. The lowest BCUT2D eigenvalue weighted by Crippen LogP contribution is -2.41. The van der Waals surface area contributed by atoms with Gasteiger partial charge in [-0.1, -0.05) is 17.7 Å². The average Bonchev–Trinajstić information content (AvgIpc) is 3.26. The molecule has 1 saturated heterocycles. The molecular formula is C16H21ClFNO. The lowest BCUT2D eigenvalue weighted by molar-refractivity contribution is 0.0147. The third-order valence-corrected chi connectivity index (χ3v) is 4.77. The highest BCUT2D eigenvalue weighted by Gasteiger charge is 2.34. The van der Waals surface area contributed by atoms with Crippen molar-refractivity contribution < 1.29 is 9.13 Å². The van der Waals surface area contributed by atoms with E-state index in [9.17, 15) is 4.39 Å². The van der Waals surface area contributed by atoms with Crippen LogP contribution in [0.15, 0.2) is 18.2 Å². The van der Waals surface area contributed by atoms with Crippen molar-refractivity contribution >= 4 is 11.6 Å². The molecule has 4 heteroatoms. The monoisotopic (exact) mass is 297 g/mol. The van der Waals surface area contributed by atoms with Crippen molar-refractivity contribution in [2.45, 2.75) is 38.1 Å². The molecule has 0 aromatic heterocycles. The van der Waals surface area contributed by atoms with Gasteiger partial charge in [0.15, 0.2) is 0 Å². The zero-order chi connectivity index (χ0) is 14.0. The molecule has 0 amide bonds. The van der Waals surface area contributed by atoms with Crippen LogP contribution < -0.4 is 5.32 Å². The van der Waals surface area contributed by atoms with E-state index in [1.807, 2.05) is 6.07 Å². The van der Waals surface area contributed by atoms with E-state index in [0.29, 0.717) is 6.04 Å². The summed E-state index contributed by atoms with van der Waals surface area (Å²) in [5, 5.41) is 3.84. The summed E-state index contributed by atoms with van der Waals surface area (Å²) in [5.74, 6) is -0.318. The van der Waals surface area contributed by atoms with E-state index in [1.165, 1.54) is 12.8 Å². The van der Waals surface area contributed by atoms with Crippen LogP contribution in [0.25, 0.3) is 0 Å². The largest absolute Gasteiger partial charge is 0.381 e. The highest BCUT2D eigenvalue weighted by molar-refractivity contribution is 6.30. The van der Waals surface area contributed by atoms with Crippen LogP contribution in [0.3, 0.4) is 0 Å². The maximum absolute atomic E-state index is 13.6. The standard InChI is InChI=1S/C16H21ClFNO/c17-14-4-1-12(9-15(14)18)10-16(5-7-20-8-6-16)11-19-13-2-3-13/h1,4,9,13,19H,2-3,5-8,10-11H2. The summed E-state index contributed by atoms with van der Waals surface area (Å²) in [5.41, 5.74) is 1.23. The number of rotatable bonds is 5. The third kappa shape index (κ3) is 3.51. The van der Waals surface area contributed by atoms with Gasteiger partial charge in [-0.05, 0) is 55.2 Å². The van der Waals surface area contributed by atoms with E-state index in [0.717, 1.165) is 44.6 Å². The Kier molecular flexibility index (Phi) is 4.29. The molecule has 1 aromatic carbocycles. The van der Waals surface area contributed by atoms with E-state index in [2.05, 4.69) is 5.32 Å². The Hall–Kier alpha value is -0.640. The van der Waals surface area contributed by atoms with E-state index >= 15 is 0 Å². The summed E-state index contributed by atoms with van der Waals surface area (Å²) in [6.45, 7) is 2.62. The Morgan fingerprint density at radius 1 is 1.30 bits per heavy atom. The number of ether oxygens (including phenoxy) is 1. The van der Waals surface area contributed by atoms with Gasteiger partial charge in [0.25, 0.3) is 0 Å². The molecule has 2 aliphatic rings. The summed E-state index contributed by atoms with van der Waals surface area (Å²) < 4.78 is 19.1. The van der Waals surface area contributed by atoms with Crippen molar-refractivity contribution in [2.75, 3.05) is 19.8 Å². The quantitative estimate of drug-likeness (QED) is 0.897. The van der Waals surface area contributed by atoms with Gasteiger partial charge >= 0.3 is 0 Å². The first kappa shape index (κ1) is 14.3. The van der Waals surface area contributed by atoms with E-state index in [-0.39, 0.29) is 16.3 Å². The minimum Gasteiger partial charge on any atom is -0.381 e. The molecule has 0 bridgehead atoms. The molecule has 1 saturated carbocycles. The fourth-order valence-electron chi connectivity index (χ4n) is 2.95. The number of hydrogen-bond donors (Lipinski definition) is 1. The number of benzene rings is 1. The Balaban J connectivity index is 1.71. The van der Waals surface area contributed by atoms with Crippen LogP contribution in [0.4, 0.5) is 4.39 Å². The molecule has 2 fully saturated rings. The van der Waals surface area contributed by atoms with Gasteiger partial charge in [0.05, 0.1) is 5.02 Å². The SMILES string of the molecule is Fc1cc(CC2(CNC3CC3)CCOCC2)ccc1Cl. The number of halogens is 2. The smallest absolute Gasteiger partial charge is 0.142 e. The number of nitrogens with one attached hydrogen (secondary N) is 1. The van der Waals surface area contributed by atoms with Crippen molar-refractivity contribution in [3.63, 3.8) is 0 Å². The topological polar surface area (TPSA) is 21.3 Å². The van der Waals surface area contributed by atoms with Crippen LogP contribution in [0.2, 0.25) is 5.02 Å². The lowest BCUT2D eigenvalue weighted by atomic mass is 9.75. The molecule has 1 aromatic rings. The highest BCUT2D eigenvalue weighted by atomic mass is 35.5. The van der Waals surface area contributed by atoms with E-state index in [1.54, 1.807) is 12.1 Å². The van der Waals surface area contributed by atoms with Crippen molar-refractivity contribution in [1.82, 2.24) is 5.32 Å². The van der Waals surface area contributed by atoms with E-state index < -0.39 is 0 Å². The van der Waals surface area contributed by atoms with Crippen molar-refractivity contribution in [1.29, 1.82) is 0 Å². The maximum Gasteiger partial charge on any atom is 0.142 e. The molecule has 2 nitrogen and oxygen atoms in total. The third-order valence-electron chi connectivity index (χ3n) is 4.46. The predicted octanol–water partition coefficient (Wildman–Crippen LogP) is 3.57. The summed E-state index contributed by atoms with van der Waals surface area (Å²) in [6, 6.07) is 5.89. The van der Waals surface area contributed by atoms with Crippen LogP contribution >= 0.6 is 11.6 Å². The Morgan fingerprint density at radius 2 is 2.05 bits per heavy atom. The normalized spacial score (nSPS) is 21.9. The lowest BCUT2D eigenvalue weighted by Gasteiger charge is -2.38. The van der Waals surface area contributed by atoms with Gasteiger partial charge in [-0.15, -0.1) is 0 Å². The van der Waals surface area contributed by atoms with Gasteiger partial charge in [0, 0.05) is 25.8 Å². The summed E-state index contributed by atoms with van der Waals surface area (Å²) in [4.78, 5) is 0. The second-order valence-corrected chi connectivity index (χ2v) is 6.60. The van der Waals surface area contributed by atoms with Crippen LogP contribution in [0, 0.1) is 11.2 Å². The Bertz CT molecular complexity index is 470. The Morgan fingerprint density at radius 3 is 2.70 bits per heavy atom. The van der Waals surface area contributed by atoms with Gasteiger partial charge in [0.2, 0.25) is 0 Å². The Labute approximate surface area is 124 Å². The number of hydrogen-bond acceptors (Lipinski definition) is 2. The first-order valence-electron chi connectivity index (χ1n) is 7.42. The van der Waals surface area contributed by atoms with Crippen LogP contribution in [-0.4, -0.2) is 25.8 Å². The van der Waals surface area contributed by atoms with Crippen molar-refractivity contribution in [3.05, 3.63) is 34.6 Å². The second-order valence-electron chi connectivity index (χ2n) is 6.19. The van der Waals surface area contributed by atoms with Gasteiger partial charge < -0.3 is 10.1 Å². The highest BCUT2D eigenvalue weighted by Crippen LogP contribution is 2.35. The summed E-state index contributed by atoms with van der Waals surface area (Å²) in [7, 11) is 0. The van der Waals surface area contributed by atoms with Crippen LogP contribution in [0.5, 0.6) is 0 Å². The molecule has 0 radical (unpaired) electrons. The molecule has 3 rings (SSSR count). The maximum atomic E-state index is 13.6. The van der Waals surface area contributed by atoms with Gasteiger partial charge in [-0.3, -0.25) is 0 Å². The molecule has 1 aliphatic heterocycles. The molecule has 0 atom stereocenters. The molecule has 20 heavy (non-hydrogen) atoms. The zero-order valence-corrected chi connectivity index (χ0v) is 12.4. The van der Waals surface area contributed by atoms with Crippen molar-refractivity contribution in [3.8, 4) is 0 Å². The molecule has 110 valence electrons. The summed E-state index contributed by atoms with van der Waals surface area (Å²) in [6.07, 6.45) is 5.56. The zero-order valence-electron chi connectivity index (χ0n) is 11.6. The minimum atomic E-state index is -0.318. The fraction of sp³-hybridized carbons (Fsp3) is 0.625. The minimum absolute atomic E-state index is 0.196. The summed E-state index contributed by atoms with van der Waals surface area (Å²) >= 11 is 5.76. The molecule has 1 N–H and O–H groups in total. The van der Waals surface area contributed by atoms with Crippen molar-refractivity contribution in [2.24, 2.45) is 5.41 Å². The molecule has 0 unspecified atom stereocenters. The van der Waals surface area contributed by atoms with Gasteiger partial charge in [-0.25, -0.2) is 4.39 Å². The molecule has 1 heterocycles. The van der Waals surface area contributed by atoms with Crippen LogP contribution in [0.1, 0.15) is 31.2 Å². The fourth-order valence-corrected chi connectivity index (χ4v) is 3.07. The molecule has 1 aliphatic carbocycles. The molecule has 0 spiro atoms.